The second-order valence-electron chi connectivity index (χ2n) is 6.59. The SMILES string of the molecule is Nc1ccc(Oc2ccc(N)c(-c3ccccc3)c2O)c(O)c1-c1ccccc1. The maximum absolute atomic E-state index is 10.8. The van der Waals surface area contributed by atoms with E-state index in [0.29, 0.717) is 22.5 Å². The van der Waals surface area contributed by atoms with Gasteiger partial charge in [0.1, 0.15) is 0 Å². The number of phenolic OH excluding ortho intramolecular Hbond substituents is 2. The first-order chi connectivity index (χ1) is 14.1. The van der Waals surface area contributed by atoms with Crippen molar-refractivity contribution in [1.82, 2.24) is 0 Å². The first-order valence-electron chi connectivity index (χ1n) is 9.08. The highest BCUT2D eigenvalue weighted by atomic mass is 16.5. The van der Waals surface area contributed by atoms with Crippen molar-refractivity contribution in [3.05, 3.63) is 84.9 Å². The summed E-state index contributed by atoms with van der Waals surface area (Å²) in [4.78, 5) is 0. The third-order valence-corrected chi connectivity index (χ3v) is 4.69. The molecule has 0 heterocycles. The van der Waals surface area contributed by atoms with E-state index in [1.807, 2.05) is 60.7 Å². The average Bonchev–Trinajstić information content (AvgIpc) is 2.74. The second-order valence-corrected chi connectivity index (χ2v) is 6.59. The Labute approximate surface area is 168 Å². The molecular formula is C24H20N2O3. The average molecular weight is 384 g/mol. The van der Waals surface area contributed by atoms with Crippen LogP contribution in [0, 0.1) is 0 Å². The topological polar surface area (TPSA) is 102 Å². The molecule has 0 atom stereocenters. The lowest BCUT2D eigenvalue weighted by Crippen LogP contribution is -1.95. The Kier molecular flexibility index (Phi) is 4.71. The molecule has 0 unspecified atom stereocenters. The van der Waals surface area contributed by atoms with E-state index in [0.717, 1.165) is 11.1 Å². The van der Waals surface area contributed by atoms with Crippen LogP contribution in [0.5, 0.6) is 23.0 Å². The van der Waals surface area contributed by atoms with Gasteiger partial charge in [-0.25, -0.2) is 0 Å². The Morgan fingerprint density at radius 1 is 0.517 bits per heavy atom. The first-order valence-corrected chi connectivity index (χ1v) is 9.08. The van der Waals surface area contributed by atoms with E-state index in [2.05, 4.69) is 0 Å². The molecule has 29 heavy (non-hydrogen) atoms. The van der Waals surface area contributed by atoms with Crippen LogP contribution in [-0.4, -0.2) is 10.2 Å². The van der Waals surface area contributed by atoms with Gasteiger partial charge in [-0.15, -0.1) is 0 Å². The molecule has 0 aliphatic heterocycles. The molecule has 0 saturated heterocycles. The fourth-order valence-corrected chi connectivity index (χ4v) is 3.27. The van der Waals surface area contributed by atoms with Crippen molar-refractivity contribution in [2.45, 2.75) is 0 Å². The monoisotopic (exact) mass is 384 g/mol. The van der Waals surface area contributed by atoms with E-state index in [1.54, 1.807) is 24.3 Å². The molecule has 0 radical (unpaired) electrons. The van der Waals surface area contributed by atoms with E-state index < -0.39 is 0 Å². The molecule has 0 fully saturated rings. The van der Waals surface area contributed by atoms with Crippen molar-refractivity contribution in [3.8, 4) is 45.3 Å². The molecule has 4 aromatic rings. The quantitative estimate of drug-likeness (QED) is 0.353. The van der Waals surface area contributed by atoms with Gasteiger partial charge in [-0.1, -0.05) is 60.7 Å². The van der Waals surface area contributed by atoms with Gasteiger partial charge in [0.15, 0.2) is 23.0 Å². The predicted octanol–water partition coefficient (Wildman–Crippen LogP) is 5.39. The maximum Gasteiger partial charge on any atom is 0.170 e. The maximum atomic E-state index is 10.8. The number of phenols is 2. The van der Waals surface area contributed by atoms with Gasteiger partial charge in [-0.3, -0.25) is 0 Å². The number of nitrogens with two attached hydrogens (primary N) is 2. The van der Waals surface area contributed by atoms with Crippen molar-refractivity contribution in [3.63, 3.8) is 0 Å². The Balaban J connectivity index is 1.78. The van der Waals surface area contributed by atoms with Crippen LogP contribution >= 0.6 is 0 Å². The third-order valence-electron chi connectivity index (χ3n) is 4.69. The van der Waals surface area contributed by atoms with Gasteiger partial charge in [0.2, 0.25) is 0 Å². The number of rotatable bonds is 4. The van der Waals surface area contributed by atoms with Crippen molar-refractivity contribution >= 4 is 11.4 Å². The van der Waals surface area contributed by atoms with Crippen molar-refractivity contribution in [2.75, 3.05) is 11.5 Å². The summed E-state index contributed by atoms with van der Waals surface area (Å²) >= 11 is 0. The number of hydrogen-bond donors (Lipinski definition) is 4. The van der Waals surface area contributed by atoms with E-state index in [1.165, 1.54) is 0 Å². The summed E-state index contributed by atoms with van der Waals surface area (Å²) in [5.74, 6) is 0.150. The summed E-state index contributed by atoms with van der Waals surface area (Å²) in [7, 11) is 0. The minimum Gasteiger partial charge on any atom is -0.504 e. The number of anilines is 2. The summed E-state index contributed by atoms with van der Waals surface area (Å²) in [5.41, 5.74) is 15.5. The third kappa shape index (κ3) is 3.41. The van der Waals surface area contributed by atoms with Crippen LogP contribution in [0.2, 0.25) is 0 Å². The molecule has 5 nitrogen and oxygen atoms in total. The molecule has 0 amide bonds. The molecular weight excluding hydrogens is 364 g/mol. The minimum absolute atomic E-state index is 0.103. The van der Waals surface area contributed by atoms with Crippen molar-refractivity contribution in [1.29, 1.82) is 0 Å². The lowest BCUT2D eigenvalue weighted by molar-refractivity contribution is 0.387. The Morgan fingerprint density at radius 2 is 0.897 bits per heavy atom. The first kappa shape index (κ1) is 18.3. The zero-order chi connectivity index (χ0) is 20.4. The van der Waals surface area contributed by atoms with Crippen LogP contribution in [0.25, 0.3) is 22.3 Å². The Bertz CT molecular complexity index is 1070. The van der Waals surface area contributed by atoms with Crippen LogP contribution in [0.3, 0.4) is 0 Å². The molecule has 6 N–H and O–H groups in total. The Morgan fingerprint density at radius 3 is 1.28 bits per heavy atom. The highest BCUT2D eigenvalue weighted by Gasteiger charge is 2.18. The normalized spacial score (nSPS) is 10.6. The highest BCUT2D eigenvalue weighted by Crippen LogP contribution is 2.47. The van der Waals surface area contributed by atoms with Crippen LogP contribution in [-0.2, 0) is 0 Å². The van der Waals surface area contributed by atoms with E-state index in [9.17, 15) is 10.2 Å². The molecule has 4 rings (SSSR count). The number of aromatic hydroxyl groups is 2. The summed E-state index contributed by atoms with van der Waals surface area (Å²) in [5, 5.41) is 21.6. The van der Waals surface area contributed by atoms with Gasteiger partial charge in [-0.05, 0) is 35.4 Å². The van der Waals surface area contributed by atoms with Gasteiger partial charge < -0.3 is 26.4 Å². The standard InChI is InChI=1S/C24H20N2O3/c25-17-11-13-19(23(27)21(17)15-7-3-1-4-8-15)29-20-14-12-18(26)22(24(20)28)16-9-5-2-6-10-16/h1-14,27-28H,25-26H2. The number of ether oxygens (including phenoxy) is 1. The Hall–Kier alpha value is -4.12. The van der Waals surface area contributed by atoms with Gasteiger partial charge in [0.25, 0.3) is 0 Å². The predicted molar refractivity (Wildman–Crippen MR) is 116 cm³/mol. The van der Waals surface area contributed by atoms with Crippen LogP contribution in [0.1, 0.15) is 0 Å². The fraction of sp³-hybridized carbons (Fsp3) is 0. The van der Waals surface area contributed by atoms with Gasteiger partial charge in [0, 0.05) is 11.4 Å². The molecule has 5 heteroatoms. The zero-order valence-corrected chi connectivity index (χ0v) is 15.5. The van der Waals surface area contributed by atoms with Crippen LogP contribution in [0.15, 0.2) is 84.9 Å². The molecule has 0 spiro atoms. The van der Waals surface area contributed by atoms with E-state index >= 15 is 0 Å². The summed E-state index contributed by atoms with van der Waals surface area (Å²) in [6.45, 7) is 0. The number of nitrogen functional groups attached to an aromatic ring is 2. The molecule has 0 aromatic heterocycles. The fourth-order valence-electron chi connectivity index (χ4n) is 3.27. The smallest absolute Gasteiger partial charge is 0.170 e. The van der Waals surface area contributed by atoms with Crippen molar-refractivity contribution in [2.24, 2.45) is 0 Å². The molecule has 0 aliphatic carbocycles. The van der Waals surface area contributed by atoms with Gasteiger partial charge in [0.05, 0.1) is 11.1 Å². The summed E-state index contributed by atoms with van der Waals surface area (Å²) in [6.07, 6.45) is 0. The largest absolute Gasteiger partial charge is 0.504 e. The van der Waals surface area contributed by atoms with Crippen LogP contribution in [0.4, 0.5) is 11.4 Å². The minimum atomic E-state index is -0.103. The van der Waals surface area contributed by atoms with Crippen LogP contribution < -0.4 is 16.2 Å². The van der Waals surface area contributed by atoms with Gasteiger partial charge >= 0.3 is 0 Å². The highest BCUT2D eigenvalue weighted by molar-refractivity contribution is 5.86. The zero-order valence-electron chi connectivity index (χ0n) is 15.5. The molecule has 4 aromatic carbocycles. The summed E-state index contributed by atoms with van der Waals surface area (Å²) < 4.78 is 5.86. The van der Waals surface area contributed by atoms with Gasteiger partial charge in [-0.2, -0.15) is 0 Å². The molecule has 144 valence electrons. The molecule has 0 saturated carbocycles. The van der Waals surface area contributed by atoms with E-state index in [4.69, 9.17) is 16.2 Å². The number of hydrogen-bond acceptors (Lipinski definition) is 5. The lowest BCUT2D eigenvalue weighted by atomic mass is 10.0. The molecule has 0 bridgehead atoms. The second kappa shape index (κ2) is 7.48. The number of benzene rings is 4. The molecule has 0 aliphatic rings. The van der Waals surface area contributed by atoms with Crippen molar-refractivity contribution < 1.29 is 14.9 Å². The summed E-state index contributed by atoms with van der Waals surface area (Å²) in [6, 6.07) is 25.1. The lowest BCUT2D eigenvalue weighted by Gasteiger charge is -2.16. The van der Waals surface area contributed by atoms with E-state index in [-0.39, 0.29) is 23.0 Å².